The summed E-state index contributed by atoms with van der Waals surface area (Å²) < 4.78 is 5.25. The van der Waals surface area contributed by atoms with Crippen molar-refractivity contribution in [2.75, 3.05) is 19.0 Å². The first-order valence-corrected chi connectivity index (χ1v) is 7.01. The van der Waals surface area contributed by atoms with Crippen LogP contribution >= 0.6 is 0 Å². The monoisotopic (exact) mass is 249 g/mol. The lowest BCUT2D eigenvalue weighted by Gasteiger charge is -2.22. The number of nitrogens with one attached hydrogen (secondary N) is 1. The van der Waals surface area contributed by atoms with Crippen molar-refractivity contribution in [3.8, 4) is 0 Å². The Morgan fingerprint density at radius 3 is 2.33 bits per heavy atom. The van der Waals surface area contributed by atoms with Gasteiger partial charge in [0.15, 0.2) is 0 Å². The average Bonchev–Trinajstić information content (AvgIpc) is 2.37. The fourth-order valence-corrected chi connectivity index (χ4v) is 1.94. The molecule has 2 nitrogen and oxygen atoms in total. The van der Waals surface area contributed by atoms with Crippen LogP contribution in [0, 0.1) is 5.92 Å². The average molecular weight is 249 g/mol. The summed E-state index contributed by atoms with van der Waals surface area (Å²) >= 11 is 0. The number of unbranched alkanes of at least 4 members (excludes halogenated alkanes) is 1. The smallest absolute Gasteiger partial charge is 0.0666 e. The van der Waals surface area contributed by atoms with E-state index < -0.39 is 0 Å². The first-order chi connectivity index (χ1) is 8.67. The summed E-state index contributed by atoms with van der Waals surface area (Å²) in [6, 6.07) is 9.17. The summed E-state index contributed by atoms with van der Waals surface area (Å²) in [6.07, 6.45) is 3.71. The summed E-state index contributed by atoms with van der Waals surface area (Å²) in [6.45, 7) is 7.40. The molecule has 1 unspecified atom stereocenters. The summed E-state index contributed by atoms with van der Waals surface area (Å²) in [5, 5.41) is 3.54. The minimum absolute atomic E-state index is 0.372. The van der Waals surface area contributed by atoms with Crippen LogP contribution in [0.25, 0.3) is 0 Å². The molecule has 1 aromatic rings. The van der Waals surface area contributed by atoms with Gasteiger partial charge in [-0.05, 0) is 36.5 Å². The molecule has 1 aromatic carbocycles. The molecule has 0 saturated heterocycles. The van der Waals surface area contributed by atoms with Gasteiger partial charge in [0, 0.05) is 12.8 Å². The third-order valence-electron chi connectivity index (χ3n) is 3.28. The predicted molar refractivity (Wildman–Crippen MR) is 79.2 cm³/mol. The molecule has 0 aromatic heterocycles. The van der Waals surface area contributed by atoms with E-state index in [0.29, 0.717) is 12.0 Å². The SMILES string of the molecule is CCCCc1ccc(NC(COC)C(C)C)cc1. The molecule has 2 heteroatoms. The number of ether oxygens (including phenoxy) is 1. The van der Waals surface area contributed by atoms with Crippen molar-refractivity contribution in [1.82, 2.24) is 0 Å². The highest BCUT2D eigenvalue weighted by atomic mass is 16.5. The molecule has 0 aliphatic carbocycles. The highest BCUT2D eigenvalue weighted by molar-refractivity contribution is 5.45. The number of hydrogen-bond acceptors (Lipinski definition) is 2. The maximum absolute atomic E-state index is 5.25. The molecule has 18 heavy (non-hydrogen) atoms. The van der Waals surface area contributed by atoms with Gasteiger partial charge in [-0.15, -0.1) is 0 Å². The Kier molecular flexibility index (Phi) is 6.81. The van der Waals surface area contributed by atoms with Gasteiger partial charge in [-0.25, -0.2) is 0 Å². The van der Waals surface area contributed by atoms with Gasteiger partial charge < -0.3 is 10.1 Å². The number of hydrogen-bond donors (Lipinski definition) is 1. The summed E-state index contributed by atoms with van der Waals surface area (Å²) in [7, 11) is 1.75. The van der Waals surface area contributed by atoms with Crippen LogP contribution in [0.4, 0.5) is 5.69 Å². The number of methoxy groups -OCH3 is 1. The van der Waals surface area contributed by atoms with Gasteiger partial charge in [0.1, 0.15) is 0 Å². The number of aryl methyl sites for hydroxylation is 1. The van der Waals surface area contributed by atoms with E-state index in [4.69, 9.17) is 4.74 Å². The molecule has 1 rings (SSSR count). The van der Waals surface area contributed by atoms with E-state index in [9.17, 15) is 0 Å². The van der Waals surface area contributed by atoms with Crippen LogP contribution in [-0.4, -0.2) is 19.8 Å². The zero-order chi connectivity index (χ0) is 13.4. The zero-order valence-corrected chi connectivity index (χ0v) is 12.2. The van der Waals surface area contributed by atoms with Crippen LogP contribution in [-0.2, 0) is 11.2 Å². The fourth-order valence-electron chi connectivity index (χ4n) is 1.94. The maximum atomic E-state index is 5.25. The minimum atomic E-state index is 0.372. The van der Waals surface area contributed by atoms with Crippen LogP contribution in [0.3, 0.4) is 0 Å². The largest absolute Gasteiger partial charge is 0.383 e. The molecule has 0 radical (unpaired) electrons. The summed E-state index contributed by atoms with van der Waals surface area (Å²) in [4.78, 5) is 0. The highest BCUT2D eigenvalue weighted by Gasteiger charge is 2.12. The van der Waals surface area contributed by atoms with Crippen LogP contribution in [0.2, 0.25) is 0 Å². The molecule has 0 aliphatic heterocycles. The second-order valence-electron chi connectivity index (χ2n) is 5.25. The number of rotatable bonds is 8. The molecule has 0 spiro atoms. The minimum Gasteiger partial charge on any atom is -0.383 e. The molecule has 1 N–H and O–H groups in total. The van der Waals surface area contributed by atoms with Crippen LogP contribution in [0.15, 0.2) is 24.3 Å². The Morgan fingerprint density at radius 2 is 1.83 bits per heavy atom. The lowest BCUT2D eigenvalue weighted by atomic mass is 10.0. The molecule has 0 aliphatic rings. The Bertz CT molecular complexity index is 318. The third-order valence-corrected chi connectivity index (χ3v) is 3.28. The second kappa shape index (κ2) is 8.15. The van der Waals surface area contributed by atoms with Crippen molar-refractivity contribution < 1.29 is 4.74 Å². The topological polar surface area (TPSA) is 21.3 Å². The third kappa shape index (κ3) is 5.09. The molecule has 1 atom stereocenters. The molecule has 102 valence electrons. The molecular formula is C16H27NO. The fraction of sp³-hybridized carbons (Fsp3) is 0.625. The van der Waals surface area contributed by atoms with Crippen molar-refractivity contribution >= 4 is 5.69 Å². The van der Waals surface area contributed by atoms with Crippen LogP contribution in [0.1, 0.15) is 39.2 Å². The number of anilines is 1. The van der Waals surface area contributed by atoms with Crippen molar-refractivity contribution in [3.63, 3.8) is 0 Å². The highest BCUT2D eigenvalue weighted by Crippen LogP contribution is 2.15. The van der Waals surface area contributed by atoms with Gasteiger partial charge in [0.2, 0.25) is 0 Å². The molecule has 0 heterocycles. The Balaban J connectivity index is 2.55. The number of benzene rings is 1. The van der Waals surface area contributed by atoms with E-state index >= 15 is 0 Å². The molecule has 0 bridgehead atoms. The first-order valence-electron chi connectivity index (χ1n) is 7.01. The van der Waals surface area contributed by atoms with Crippen molar-refractivity contribution in [1.29, 1.82) is 0 Å². The van der Waals surface area contributed by atoms with Crippen LogP contribution < -0.4 is 5.32 Å². The van der Waals surface area contributed by atoms with Gasteiger partial charge in [-0.2, -0.15) is 0 Å². The zero-order valence-electron chi connectivity index (χ0n) is 12.2. The molecule has 0 fully saturated rings. The summed E-state index contributed by atoms with van der Waals surface area (Å²) in [5.74, 6) is 0.560. The first kappa shape index (κ1) is 15.0. The Morgan fingerprint density at radius 1 is 1.17 bits per heavy atom. The quantitative estimate of drug-likeness (QED) is 0.748. The maximum Gasteiger partial charge on any atom is 0.0666 e. The van der Waals surface area contributed by atoms with Gasteiger partial charge in [-0.3, -0.25) is 0 Å². The van der Waals surface area contributed by atoms with E-state index in [-0.39, 0.29) is 0 Å². The van der Waals surface area contributed by atoms with Gasteiger partial charge in [0.05, 0.1) is 12.6 Å². The van der Waals surface area contributed by atoms with E-state index in [2.05, 4.69) is 50.4 Å². The molecule has 0 amide bonds. The predicted octanol–water partition coefficient (Wildman–Crippen LogP) is 4.11. The van der Waals surface area contributed by atoms with Crippen molar-refractivity contribution in [2.24, 2.45) is 5.92 Å². The van der Waals surface area contributed by atoms with Crippen molar-refractivity contribution in [2.45, 2.75) is 46.1 Å². The lowest BCUT2D eigenvalue weighted by molar-refractivity contribution is 0.171. The van der Waals surface area contributed by atoms with Gasteiger partial charge in [-0.1, -0.05) is 39.3 Å². The van der Waals surface area contributed by atoms with Crippen LogP contribution in [0.5, 0.6) is 0 Å². The summed E-state index contributed by atoms with van der Waals surface area (Å²) in [5.41, 5.74) is 2.61. The Labute approximate surface area is 112 Å². The lowest BCUT2D eigenvalue weighted by Crippen LogP contribution is -2.30. The van der Waals surface area contributed by atoms with E-state index in [1.165, 1.54) is 30.5 Å². The van der Waals surface area contributed by atoms with Gasteiger partial charge >= 0.3 is 0 Å². The van der Waals surface area contributed by atoms with E-state index in [1.54, 1.807) is 7.11 Å². The standard InChI is InChI=1S/C16H27NO/c1-5-6-7-14-8-10-15(11-9-14)17-16(12-18-4)13(2)3/h8-11,13,16-17H,5-7,12H2,1-4H3. The normalized spacial score (nSPS) is 12.7. The van der Waals surface area contributed by atoms with Gasteiger partial charge in [0.25, 0.3) is 0 Å². The van der Waals surface area contributed by atoms with E-state index in [1.807, 2.05) is 0 Å². The Hall–Kier alpha value is -1.02. The van der Waals surface area contributed by atoms with E-state index in [0.717, 1.165) is 6.61 Å². The second-order valence-corrected chi connectivity index (χ2v) is 5.25. The molecule has 0 saturated carbocycles. The van der Waals surface area contributed by atoms with Crippen molar-refractivity contribution in [3.05, 3.63) is 29.8 Å². The molecular weight excluding hydrogens is 222 g/mol.